The van der Waals surface area contributed by atoms with Gasteiger partial charge >= 0.3 is 5.97 Å². The Morgan fingerprint density at radius 2 is 1.74 bits per heavy atom. The van der Waals surface area contributed by atoms with Crippen molar-refractivity contribution < 1.29 is 18.3 Å². The number of hydrogen-bond donors (Lipinski definition) is 3. The first-order valence-electron chi connectivity index (χ1n) is 7.45. The molecule has 0 saturated carbocycles. The van der Waals surface area contributed by atoms with Crippen molar-refractivity contribution in [2.75, 3.05) is 0 Å². The summed E-state index contributed by atoms with van der Waals surface area (Å²) in [4.78, 5) is 23.7. The molecule has 0 fully saturated rings. The van der Waals surface area contributed by atoms with Crippen LogP contribution in [0, 0.1) is 0 Å². The number of nitrogens with two attached hydrogens (primary N) is 1. The van der Waals surface area contributed by atoms with Crippen LogP contribution in [0.5, 0.6) is 0 Å². The van der Waals surface area contributed by atoms with E-state index in [2.05, 4.69) is 15.3 Å². The lowest BCUT2D eigenvalue weighted by Crippen LogP contribution is -2.17. The summed E-state index contributed by atoms with van der Waals surface area (Å²) < 4.78 is 23.5. The van der Waals surface area contributed by atoms with E-state index >= 15 is 0 Å². The number of rotatable bonds is 5. The summed E-state index contributed by atoms with van der Waals surface area (Å²) in [6.07, 6.45) is 1.28. The highest BCUT2D eigenvalue weighted by atomic mass is 32.2. The van der Waals surface area contributed by atoms with Gasteiger partial charge < -0.3 is 5.11 Å². The number of azo groups is 1. The van der Waals surface area contributed by atoms with Crippen LogP contribution in [0.25, 0.3) is 5.69 Å². The molecule has 4 N–H and O–H groups in total. The molecule has 3 rings (SSSR count). The quantitative estimate of drug-likeness (QED) is 0.569. The van der Waals surface area contributed by atoms with Crippen molar-refractivity contribution in [2.45, 2.75) is 4.90 Å². The average Bonchev–Trinajstić information content (AvgIpc) is 3.00. The van der Waals surface area contributed by atoms with E-state index in [0.29, 0.717) is 5.69 Å². The number of nitrogens with zero attached hydrogens (tertiary/aromatic N) is 3. The lowest BCUT2D eigenvalue weighted by Gasteiger charge is -2.04. The highest BCUT2D eigenvalue weighted by Crippen LogP contribution is 2.19. The van der Waals surface area contributed by atoms with Gasteiger partial charge in [0.2, 0.25) is 10.0 Å². The van der Waals surface area contributed by atoms with Gasteiger partial charge in [-0.2, -0.15) is 5.11 Å². The third kappa shape index (κ3) is 3.83. The fourth-order valence-electron chi connectivity index (χ4n) is 2.27. The van der Waals surface area contributed by atoms with Crippen LogP contribution >= 0.6 is 0 Å². The minimum atomic E-state index is -3.81. The van der Waals surface area contributed by atoms with Gasteiger partial charge in [0.15, 0.2) is 5.69 Å². The van der Waals surface area contributed by atoms with Crippen LogP contribution in [0.2, 0.25) is 0 Å². The fourth-order valence-corrected chi connectivity index (χ4v) is 2.79. The summed E-state index contributed by atoms with van der Waals surface area (Å²) in [6.45, 7) is 0. The molecule has 0 aliphatic rings. The molecule has 0 atom stereocenters. The fraction of sp³-hybridized carbons (Fsp3) is 0. The largest absolute Gasteiger partial charge is 0.478 e. The van der Waals surface area contributed by atoms with Gasteiger partial charge in [-0.1, -0.05) is 12.1 Å². The van der Waals surface area contributed by atoms with Crippen LogP contribution in [0.3, 0.4) is 0 Å². The monoisotopic (exact) mass is 387 g/mol. The van der Waals surface area contributed by atoms with Crippen molar-refractivity contribution in [2.24, 2.45) is 15.4 Å². The molecule has 0 spiro atoms. The molecule has 1 aromatic heterocycles. The molecule has 2 aromatic carbocycles. The summed E-state index contributed by atoms with van der Waals surface area (Å²) in [5.74, 6) is -1.18. The van der Waals surface area contributed by atoms with Crippen LogP contribution in [0.15, 0.2) is 74.6 Å². The number of para-hydroxylation sites is 1. The number of aromatic carboxylic acids is 1. The third-order valence-corrected chi connectivity index (χ3v) is 4.50. The zero-order chi connectivity index (χ0) is 19.6. The molecule has 10 nitrogen and oxygen atoms in total. The first-order chi connectivity index (χ1) is 12.8. The molecule has 0 amide bonds. The lowest BCUT2D eigenvalue weighted by atomic mass is 10.2. The number of aromatic nitrogens is 2. The Hall–Kier alpha value is -3.57. The number of H-pyrrole nitrogens is 1. The van der Waals surface area contributed by atoms with Crippen LogP contribution in [0.4, 0.5) is 11.4 Å². The molecule has 11 heteroatoms. The van der Waals surface area contributed by atoms with E-state index in [1.807, 2.05) is 0 Å². The van der Waals surface area contributed by atoms with E-state index in [4.69, 9.17) is 5.14 Å². The number of carbonyl (C=O) groups is 1. The molecule has 0 saturated heterocycles. The van der Waals surface area contributed by atoms with Crippen LogP contribution in [0.1, 0.15) is 10.4 Å². The van der Waals surface area contributed by atoms with Gasteiger partial charge in [0, 0.05) is 0 Å². The minimum absolute atomic E-state index is 0.0503. The van der Waals surface area contributed by atoms with E-state index in [-0.39, 0.29) is 21.8 Å². The number of primary sulfonamides is 1. The number of carboxylic acid groups (broad SMARTS) is 1. The SMILES string of the molecule is NS(=O)(=O)c1ccc(N=Nc2c[nH]n(-c3ccccc3C(=O)O)c2=O)cc1. The highest BCUT2D eigenvalue weighted by Gasteiger charge is 2.15. The van der Waals surface area contributed by atoms with Gasteiger partial charge in [0.05, 0.1) is 28.0 Å². The number of benzene rings is 2. The Balaban J connectivity index is 1.92. The zero-order valence-corrected chi connectivity index (χ0v) is 14.4. The van der Waals surface area contributed by atoms with Gasteiger partial charge in [0.1, 0.15) is 0 Å². The van der Waals surface area contributed by atoms with Crippen molar-refractivity contribution >= 4 is 27.4 Å². The molecule has 27 heavy (non-hydrogen) atoms. The Morgan fingerprint density at radius 3 is 2.37 bits per heavy atom. The molecular formula is C16H13N5O5S. The number of aromatic amines is 1. The van der Waals surface area contributed by atoms with Crippen molar-refractivity contribution in [3.8, 4) is 5.69 Å². The molecular weight excluding hydrogens is 374 g/mol. The third-order valence-electron chi connectivity index (χ3n) is 3.57. The average molecular weight is 387 g/mol. The first kappa shape index (κ1) is 18.2. The molecule has 0 radical (unpaired) electrons. The van der Waals surface area contributed by atoms with Crippen molar-refractivity contribution in [3.63, 3.8) is 0 Å². The molecule has 0 aliphatic carbocycles. The Bertz CT molecular complexity index is 1190. The summed E-state index contributed by atoms with van der Waals surface area (Å²) in [5, 5.41) is 24.6. The van der Waals surface area contributed by atoms with Crippen LogP contribution in [-0.2, 0) is 10.0 Å². The second-order valence-electron chi connectivity index (χ2n) is 5.36. The Morgan fingerprint density at radius 1 is 1.07 bits per heavy atom. The Labute approximate surface area is 152 Å². The predicted molar refractivity (Wildman–Crippen MR) is 95.3 cm³/mol. The van der Waals surface area contributed by atoms with Crippen molar-refractivity contribution in [1.29, 1.82) is 0 Å². The van der Waals surface area contributed by atoms with Gasteiger partial charge in [-0.15, -0.1) is 5.11 Å². The van der Waals surface area contributed by atoms with E-state index in [0.717, 1.165) is 4.68 Å². The second kappa shape index (κ2) is 6.97. The van der Waals surface area contributed by atoms with Gasteiger partial charge in [-0.3, -0.25) is 9.89 Å². The molecule has 0 bridgehead atoms. The minimum Gasteiger partial charge on any atom is -0.478 e. The van der Waals surface area contributed by atoms with E-state index in [9.17, 15) is 23.1 Å². The highest BCUT2D eigenvalue weighted by molar-refractivity contribution is 7.89. The normalized spacial score (nSPS) is 11.7. The van der Waals surface area contributed by atoms with Crippen molar-refractivity contribution in [1.82, 2.24) is 9.78 Å². The topological polar surface area (TPSA) is 160 Å². The number of sulfonamides is 1. The summed E-state index contributed by atoms with van der Waals surface area (Å²) >= 11 is 0. The maximum absolute atomic E-state index is 12.4. The zero-order valence-electron chi connectivity index (χ0n) is 13.6. The van der Waals surface area contributed by atoms with E-state index in [1.165, 1.54) is 42.6 Å². The maximum Gasteiger partial charge on any atom is 0.337 e. The predicted octanol–water partition coefficient (Wildman–Crippen LogP) is 1.93. The second-order valence-corrected chi connectivity index (χ2v) is 6.92. The first-order valence-corrected chi connectivity index (χ1v) is 9.00. The summed E-state index contributed by atoms with van der Waals surface area (Å²) in [6, 6.07) is 11.3. The smallest absolute Gasteiger partial charge is 0.337 e. The lowest BCUT2D eigenvalue weighted by molar-refractivity contribution is 0.0696. The molecule has 138 valence electrons. The van der Waals surface area contributed by atoms with Crippen LogP contribution in [-0.4, -0.2) is 29.3 Å². The van der Waals surface area contributed by atoms with Gasteiger partial charge in [-0.25, -0.2) is 23.0 Å². The number of hydrogen-bond acceptors (Lipinski definition) is 6. The standard InChI is InChI=1S/C16H13N5O5S/c17-27(25,26)11-7-5-10(6-8-11)19-20-13-9-18-21(15(13)22)14-4-2-1-3-12(14)16(23)24/h1-9,18H,(H,23,24)(H2,17,25,26). The molecule has 0 aliphatic heterocycles. The molecule has 0 unspecified atom stereocenters. The van der Waals surface area contributed by atoms with Crippen LogP contribution < -0.4 is 10.7 Å². The van der Waals surface area contributed by atoms with Gasteiger partial charge in [-0.05, 0) is 36.4 Å². The van der Waals surface area contributed by atoms with Gasteiger partial charge in [0.25, 0.3) is 5.56 Å². The summed E-state index contributed by atoms with van der Waals surface area (Å²) in [5.41, 5.74) is -0.225. The maximum atomic E-state index is 12.4. The molecule has 1 heterocycles. The number of nitrogens with one attached hydrogen (secondary N) is 1. The Kier molecular flexibility index (Phi) is 4.71. The van der Waals surface area contributed by atoms with Crippen molar-refractivity contribution in [3.05, 3.63) is 70.6 Å². The molecule has 3 aromatic rings. The van der Waals surface area contributed by atoms with E-state index < -0.39 is 21.6 Å². The summed E-state index contributed by atoms with van der Waals surface area (Å²) in [7, 11) is -3.81. The number of carboxylic acids is 1. The van der Waals surface area contributed by atoms with E-state index in [1.54, 1.807) is 12.1 Å².